The molecule has 1 aliphatic heterocycles. The molecule has 0 bridgehead atoms. The molecule has 1 aliphatic rings. The highest BCUT2D eigenvalue weighted by Gasteiger charge is 2.26. The molecule has 0 saturated carbocycles. The van der Waals surface area contributed by atoms with Crippen LogP contribution in [0.5, 0.6) is 0 Å². The van der Waals surface area contributed by atoms with Crippen LogP contribution in [-0.4, -0.2) is 25.0 Å². The Bertz CT molecular complexity index is 782. The van der Waals surface area contributed by atoms with E-state index in [2.05, 4.69) is 17.2 Å². The number of hydrogen-bond acceptors (Lipinski definition) is 4. The number of benzene rings is 1. The SMILES string of the molecule is NCC#Cc1ccc2occ(N3CCC(=O)NC3=O)c2c1. The predicted octanol–water partition coefficient (Wildman–Crippen LogP) is 1.19. The van der Waals surface area contributed by atoms with E-state index in [1.807, 2.05) is 12.1 Å². The highest BCUT2D eigenvalue weighted by atomic mass is 16.3. The largest absolute Gasteiger partial charge is 0.462 e. The predicted molar refractivity (Wildman–Crippen MR) is 77.6 cm³/mol. The molecule has 106 valence electrons. The molecule has 6 nitrogen and oxygen atoms in total. The molecule has 2 heterocycles. The maximum Gasteiger partial charge on any atom is 0.328 e. The smallest absolute Gasteiger partial charge is 0.328 e. The van der Waals surface area contributed by atoms with Crippen molar-refractivity contribution in [2.45, 2.75) is 6.42 Å². The minimum Gasteiger partial charge on any atom is -0.462 e. The van der Waals surface area contributed by atoms with Gasteiger partial charge in [0.1, 0.15) is 11.8 Å². The monoisotopic (exact) mass is 283 g/mol. The van der Waals surface area contributed by atoms with Crippen molar-refractivity contribution in [2.24, 2.45) is 5.73 Å². The zero-order valence-electron chi connectivity index (χ0n) is 11.2. The van der Waals surface area contributed by atoms with E-state index in [4.69, 9.17) is 10.2 Å². The minimum atomic E-state index is -0.438. The maximum absolute atomic E-state index is 11.9. The Labute approximate surface area is 120 Å². The summed E-state index contributed by atoms with van der Waals surface area (Å²) in [7, 11) is 0. The molecule has 6 heteroatoms. The van der Waals surface area contributed by atoms with Crippen molar-refractivity contribution in [3.05, 3.63) is 30.0 Å². The molecular formula is C15H13N3O3. The van der Waals surface area contributed by atoms with Crippen LogP contribution in [0.4, 0.5) is 10.5 Å². The highest BCUT2D eigenvalue weighted by molar-refractivity contribution is 6.09. The van der Waals surface area contributed by atoms with E-state index in [0.717, 1.165) is 10.9 Å². The van der Waals surface area contributed by atoms with Gasteiger partial charge in [0, 0.05) is 23.9 Å². The summed E-state index contributed by atoms with van der Waals surface area (Å²) in [5, 5.41) is 3.07. The van der Waals surface area contributed by atoms with Gasteiger partial charge in [-0.15, -0.1) is 0 Å². The molecule has 3 amide bonds. The lowest BCUT2D eigenvalue weighted by Crippen LogP contribution is -2.49. The Morgan fingerprint density at radius 2 is 2.24 bits per heavy atom. The van der Waals surface area contributed by atoms with Gasteiger partial charge in [0.2, 0.25) is 5.91 Å². The van der Waals surface area contributed by atoms with Crippen LogP contribution in [0.15, 0.2) is 28.9 Å². The van der Waals surface area contributed by atoms with Crippen LogP contribution < -0.4 is 16.0 Å². The molecule has 3 rings (SSSR count). The standard InChI is InChI=1S/C15H13N3O3/c16-6-1-2-10-3-4-13-11(8-10)12(9-21-13)18-7-5-14(19)17-15(18)20/h3-4,8-9H,5-7,16H2,(H,17,19,20). The van der Waals surface area contributed by atoms with Crippen molar-refractivity contribution in [2.75, 3.05) is 18.0 Å². The second-order valence-corrected chi connectivity index (χ2v) is 4.59. The van der Waals surface area contributed by atoms with Gasteiger partial charge >= 0.3 is 6.03 Å². The summed E-state index contributed by atoms with van der Waals surface area (Å²) in [5.74, 6) is 5.46. The number of amides is 3. The van der Waals surface area contributed by atoms with Gasteiger partial charge in [-0.25, -0.2) is 4.79 Å². The summed E-state index contributed by atoms with van der Waals surface area (Å²) in [5.41, 5.74) is 7.45. The lowest BCUT2D eigenvalue weighted by Gasteiger charge is -2.25. The van der Waals surface area contributed by atoms with Crippen LogP contribution in [0.25, 0.3) is 11.0 Å². The Morgan fingerprint density at radius 3 is 3.00 bits per heavy atom. The Morgan fingerprint density at radius 1 is 1.38 bits per heavy atom. The second-order valence-electron chi connectivity index (χ2n) is 4.59. The van der Waals surface area contributed by atoms with Crippen molar-refractivity contribution in [3.8, 4) is 11.8 Å². The van der Waals surface area contributed by atoms with Crippen molar-refractivity contribution in [1.29, 1.82) is 0 Å². The van der Waals surface area contributed by atoms with Gasteiger partial charge in [-0.05, 0) is 18.2 Å². The average Bonchev–Trinajstić information content (AvgIpc) is 2.88. The van der Waals surface area contributed by atoms with Crippen LogP contribution in [0, 0.1) is 11.8 Å². The van der Waals surface area contributed by atoms with Gasteiger partial charge in [0.25, 0.3) is 0 Å². The van der Waals surface area contributed by atoms with Gasteiger partial charge < -0.3 is 10.2 Å². The molecule has 0 atom stereocenters. The molecule has 1 saturated heterocycles. The molecule has 0 aliphatic carbocycles. The summed E-state index contributed by atoms with van der Waals surface area (Å²) in [4.78, 5) is 24.6. The van der Waals surface area contributed by atoms with Gasteiger partial charge in [0.15, 0.2) is 0 Å². The third-order valence-corrected chi connectivity index (χ3v) is 3.23. The molecule has 0 spiro atoms. The molecule has 3 N–H and O–H groups in total. The summed E-state index contributed by atoms with van der Waals surface area (Å²) in [6.45, 7) is 0.616. The van der Waals surface area contributed by atoms with Gasteiger partial charge in [0.05, 0.1) is 12.2 Å². The first-order chi connectivity index (χ1) is 10.2. The van der Waals surface area contributed by atoms with E-state index in [1.54, 1.807) is 6.07 Å². The molecule has 1 aromatic carbocycles. The first-order valence-electron chi connectivity index (χ1n) is 6.50. The van der Waals surface area contributed by atoms with Crippen LogP contribution in [-0.2, 0) is 4.79 Å². The van der Waals surface area contributed by atoms with Gasteiger partial charge in [-0.3, -0.25) is 15.0 Å². The first kappa shape index (κ1) is 13.2. The van der Waals surface area contributed by atoms with Crippen molar-refractivity contribution in [1.82, 2.24) is 5.32 Å². The zero-order chi connectivity index (χ0) is 14.8. The number of nitrogens with zero attached hydrogens (tertiary/aromatic N) is 1. The van der Waals surface area contributed by atoms with E-state index in [9.17, 15) is 9.59 Å². The number of fused-ring (bicyclic) bond motifs is 1. The molecule has 0 unspecified atom stereocenters. The third kappa shape index (κ3) is 2.47. The number of anilines is 1. The normalized spacial score (nSPS) is 14.8. The molecule has 1 aromatic heterocycles. The number of nitrogens with two attached hydrogens (primary N) is 1. The Balaban J connectivity index is 2.02. The summed E-state index contributed by atoms with van der Waals surface area (Å²) < 4.78 is 5.46. The fraction of sp³-hybridized carbons (Fsp3) is 0.200. The van der Waals surface area contributed by atoms with Gasteiger partial charge in [-0.1, -0.05) is 11.8 Å². The fourth-order valence-electron chi connectivity index (χ4n) is 2.25. The van der Waals surface area contributed by atoms with Crippen LogP contribution >= 0.6 is 0 Å². The first-order valence-corrected chi connectivity index (χ1v) is 6.50. The lowest BCUT2D eigenvalue weighted by atomic mass is 10.1. The van der Waals surface area contributed by atoms with Gasteiger partial charge in [-0.2, -0.15) is 0 Å². The third-order valence-electron chi connectivity index (χ3n) is 3.23. The second kappa shape index (κ2) is 5.31. The number of hydrogen-bond donors (Lipinski definition) is 2. The van der Waals surface area contributed by atoms with Crippen LogP contribution in [0.2, 0.25) is 0 Å². The molecule has 0 radical (unpaired) electrons. The van der Waals surface area contributed by atoms with E-state index in [1.165, 1.54) is 11.2 Å². The lowest BCUT2D eigenvalue weighted by molar-refractivity contribution is -0.120. The van der Waals surface area contributed by atoms with Crippen LogP contribution in [0.3, 0.4) is 0 Å². The molecule has 21 heavy (non-hydrogen) atoms. The average molecular weight is 283 g/mol. The van der Waals surface area contributed by atoms with E-state index in [-0.39, 0.29) is 18.9 Å². The summed E-state index contributed by atoms with van der Waals surface area (Å²) in [6.07, 6.45) is 1.78. The van der Waals surface area contributed by atoms with E-state index >= 15 is 0 Å². The highest BCUT2D eigenvalue weighted by Crippen LogP contribution is 2.30. The number of imide groups is 1. The maximum atomic E-state index is 11.9. The van der Waals surface area contributed by atoms with Crippen LogP contribution in [0.1, 0.15) is 12.0 Å². The zero-order valence-corrected chi connectivity index (χ0v) is 11.2. The Hall–Kier alpha value is -2.78. The number of nitrogens with one attached hydrogen (secondary N) is 1. The van der Waals surface area contributed by atoms with Crippen molar-refractivity contribution < 1.29 is 14.0 Å². The molecular weight excluding hydrogens is 270 g/mol. The number of urea groups is 1. The number of carbonyl (C=O) groups excluding carboxylic acids is 2. The molecule has 2 aromatic rings. The summed E-state index contributed by atoms with van der Waals surface area (Å²) in [6, 6.07) is 5.04. The van der Waals surface area contributed by atoms with Crippen molar-refractivity contribution >= 4 is 28.6 Å². The summed E-state index contributed by atoms with van der Waals surface area (Å²) >= 11 is 0. The minimum absolute atomic E-state index is 0.265. The number of carbonyl (C=O) groups is 2. The fourth-order valence-corrected chi connectivity index (χ4v) is 2.25. The quantitative estimate of drug-likeness (QED) is 0.769. The van der Waals surface area contributed by atoms with Crippen molar-refractivity contribution in [3.63, 3.8) is 0 Å². The number of rotatable bonds is 1. The molecule has 1 fully saturated rings. The van der Waals surface area contributed by atoms with E-state index in [0.29, 0.717) is 17.8 Å². The Kier molecular flexibility index (Phi) is 3.34. The van der Waals surface area contributed by atoms with E-state index < -0.39 is 6.03 Å². The topological polar surface area (TPSA) is 88.6 Å². The number of furan rings is 1.